The molecule has 1 saturated heterocycles. The second kappa shape index (κ2) is 8.98. The van der Waals surface area contributed by atoms with E-state index in [1.54, 1.807) is 0 Å². The fourth-order valence-electron chi connectivity index (χ4n) is 4.14. The zero-order chi connectivity index (χ0) is 23.9. The normalized spacial score (nSPS) is 21.6. The number of halogens is 5. The molecular weight excluding hydrogens is 467 g/mol. The van der Waals surface area contributed by atoms with E-state index in [0.29, 0.717) is 44.4 Å². The minimum Gasteiger partial charge on any atom is -0.338 e. The van der Waals surface area contributed by atoms with Gasteiger partial charge in [-0.1, -0.05) is 0 Å². The number of thiazole rings is 1. The third-order valence-electron chi connectivity index (χ3n) is 5.97. The number of nitrogens with zero attached hydrogens (tertiary/aromatic N) is 2. The maximum absolute atomic E-state index is 13.5. The largest absolute Gasteiger partial charge is 0.419 e. The Hall–Kier alpha value is -2.60. The number of benzene rings is 1. The summed E-state index contributed by atoms with van der Waals surface area (Å²) < 4.78 is 65.6. The number of aromatic nitrogens is 1. The highest BCUT2D eigenvalue weighted by Crippen LogP contribution is 2.35. The number of amides is 2. The Morgan fingerprint density at radius 3 is 2.70 bits per heavy atom. The molecule has 2 heterocycles. The molecular formula is C21H21F5N4O2S. The third-order valence-corrected chi connectivity index (χ3v) is 7.00. The highest BCUT2D eigenvalue weighted by Gasteiger charge is 2.36. The Labute approximate surface area is 190 Å². The lowest BCUT2D eigenvalue weighted by Crippen LogP contribution is -2.48. The number of nitrogens with two attached hydrogens (primary N) is 1. The van der Waals surface area contributed by atoms with E-state index in [-0.39, 0.29) is 29.1 Å². The molecule has 3 N–H and O–H groups in total. The zero-order valence-corrected chi connectivity index (χ0v) is 18.1. The molecule has 1 unspecified atom stereocenters. The predicted molar refractivity (Wildman–Crippen MR) is 111 cm³/mol. The van der Waals surface area contributed by atoms with Gasteiger partial charge in [-0.2, -0.15) is 13.2 Å². The summed E-state index contributed by atoms with van der Waals surface area (Å²) in [6, 6.07) is 1.25. The van der Waals surface area contributed by atoms with Crippen molar-refractivity contribution in [2.75, 3.05) is 18.4 Å². The summed E-state index contributed by atoms with van der Waals surface area (Å²) in [4.78, 5) is 31.6. The van der Waals surface area contributed by atoms with Crippen LogP contribution in [-0.2, 0) is 23.8 Å². The van der Waals surface area contributed by atoms with E-state index in [9.17, 15) is 31.5 Å². The van der Waals surface area contributed by atoms with E-state index < -0.39 is 35.7 Å². The number of alkyl halides is 4. The fourth-order valence-corrected chi connectivity index (χ4v) is 5.24. The Morgan fingerprint density at radius 2 is 2.03 bits per heavy atom. The molecule has 1 aromatic carbocycles. The summed E-state index contributed by atoms with van der Waals surface area (Å²) in [5.74, 6) is -2.75. The minimum atomic E-state index is -4.92. The molecule has 0 bridgehead atoms. The SMILES string of the molecule is N[C@H](C(=O)N1CC[C@H](F)C1)C1CCc2nc(NC(=O)c3ccc(F)c(C(F)(F)F)c3)sc2C1. The molecule has 1 aliphatic carbocycles. The summed E-state index contributed by atoms with van der Waals surface area (Å²) in [6.07, 6.45) is -4.07. The van der Waals surface area contributed by atoms with Crippen molar-refractivity contribution in [3.8, 4) is 0 Å². The monoisotopic (exact) mass is 488 g/mol. The second-order valence-corrected chi connectivity index (χ2v) is 9.32. The first-order chi connectivity index (χ1) is 15.5. The first-order valence-electron chi connectivity index (χ1n) is 10.4. The van der Waals surface area contributed by atoms with Crippen LogP contribution in [-0.4, -0.2) is 47.0 Å². The number of hydrogen-bond donors (Lipinski definition) is 2. The summed E-state index contributed by atoms with van der Waals surface area (Å²) in [6.45, 7) is 0.405. The van der Waals surface area contributed by atoms with E-state index in [0.717, 1.165) is 28.0 Å². The van der Waals surface area contributed by atoms with Gasteiger partial charge >= 0.3 is 6.18 Å². The molecule has 0 radical (unpaired) electrons. The number of anilines is 1. The fraction of sp³-hybridized carbons (Fsp3) is 0.476. The molecule has 2 aromatic rings. The van der Waals surface area contributed by atoms with Crippen LogP contribution in [0.4, 0.5) is 27.1 Å². The topological polar surface area (TPSA) is 88.3 Å². The number of rotatable bonds is 4. The lowest BCUT2D eigenvalue weighted by atomic mass is 9.85. The van der Waals surface area contributed by atoms with Crippen molar-refractivity contribution < 1.29 is 31.5 Å². The number of carbonyl (C=O) groups excluding carboxylic acids is 2. The van der Waals surface area contributed by atoms with Crippen molar-refractivity contribution in [3.63, 3.8) is 0 Å². The van der Waals surface area contributed by atoms with Crippen LogP contribution in [0.25, 0.3) is 0 Å². The van der Waals surface area contributed by atoms with Gasteiger partial charge in [0.1, 0.15) is 12.0 Å². The Kier molecular flexibility index (Phi) is 6.41. The third kappa shape index (κ3) is 5.01. The van der Waals surface area contributed by atoms with Crippen LogP contribution in [0.2, 0.25) is 0 Å². The van der Waals surface area contributed by atoms with Gasteiger partial charge in [0, 0.05) is 17.0 Å². The summed E-state index contributed by atoms with van der Waals surface area (Å²) in [7, 11) is 0. The van der Waals surface area contributed by atoms with Gasteiger partial charge in [0.25, 0.3) is 5.91 Å². The molecule has 3 atom stereocenters. The highest BCUT2D eigenvalue weighted by atomic mass is 32.1. The second-order valence-electron chi connectivity index (χ2n) is 8.23. The standard InChI is InChI=1S/C21H21F5N4O2S/c22-12-5-6-30(9-12)19(32)17(27)10-2-4-15-16(8-10)33-20(28-15)29-18(31)11-1-3-14(23)13(7-11)21(24,25)26/h1,3,7,10,12,17H,2,4-6,8-9,27H2,(H,28,29,31)/t10?,12-,17-/m0/s1. The van der Waals surface area contributed by atoms with E-state index in [1.807, 2.05) is 0 Å². The van der Waals surface area contributed by atoms with Crippen molar-refractivity contribution in [2.45, 2.75) is 44.1 Å². The van der Waals surface area contributed by atoms with E-state index in [4.69, 9.17) is 5.73 Å². The van der Waals surface area contributed by atoms with Gasteiger partial charge in [-0.25, -0.2) is 13.8 Å². The number of likely N-dealkylation sites (tertiary alicyclic amines) is 1. The lowest BCUT2D eigenvalue weighted by molar-refractivity contribution is -0.140. The van der Waals surface area contributed by atoms with E-state index in [1.165, 1.54) is 4.90 Å². The number of fused-ring (bicyclic) bond motifs is 1. The molecule has 6 nitrogen and oxygen atoms in total. The lowest BCUT2D eigenvalue weighted by Gasteiger charge is -2.29. The first kappa shape index (κ1) is 23.6. The smallest absolute Gasteiger partial charge is 0.338 e. The Bertz CT molecular complexity index is 1070. The summed E-state index contributed by atoms with van der Waals surface area (Å²) >= 11 is 1.16. The van der Waals surface area contributed by atoms with Crippen molar-refractivity contribution in [1.82, 2.24) is 9.88 Å². The first-order valence-corrected chi connectivity index (χ1v) is 11.2. The number of aryl methyl sites for hydroxylation is 1. The molecule has 1 fully saturated rings. The van der Waals surface area contributed by atoms with Crippen LogP contribution in [0.15, 0.2) is 18.2 Å². The van der Waals surface area contributed by atoms with Crippen LogP contribution >= 0.6 is 11.3 Å². The van der Waals surface area contributed by atoms with Crippen molar-refractivity contribution in [1.29, 1.82) is 0 Å². The van der Waals surface area contributed by atoms with Crippen LogP contribution in [0.3, 0.4) is 0 Å². The molecule has 1 aliphatic heterocycles. The minimum absolute atomic E-state index is 0.0562. The summed E-state index contributed by atoms with van der Waals surface area (Å²) in [5, 5.41) is 2.66. The number of hydrogen-bond acceptors (Lipinski definition) is 5. The average Bonchev–Trinajstić information content (AvgIpc) is 3.36. The zero-order valence-electron chi connectivity index (χ0n) is 17.3. The number of carbonyl (C=O) groups is 2. The van der Waals surface area contributed by atoms with Gasteiger partial charge in [-0.05, 0) is 49.8 Å². The molecule has 1 aromatic heterocycles. The molecule has 12 heteroatoms. The molecule has 0 saturated carbocycles. The van der Waals surface area contributed by atoms with Crippen molar-refractivity contribution in [3.05, 3.63) is 45.7 Å². The highest BCUT2D eigenvalue weighted by molar-refractivity contribution is 7.15. The van der Waals surface area contributed by atoms with E-state index in [2.05, 4.69) is 10.3 Å². The number of nitrogens with one attached hydrogen (secondary N) is 1. The molecule has 2 aliphatic rings. The van der Waals surface area contributed by atoms with Crippen LogP contribution in [0.5, 0.6) is 0 Å². The van der Waals surface area contributed by atoms with Crippen LogP contribution < -0.4 is 11.1 Å². The van der Waals surface area contributed by atoms with Gasteiger partial charge in [0.05, 0.1) is 23.8 Å². The molecule has 33 heavy (non-hydrogen) atoms. The molecule has 2 amide bonds. The van der Waals surface area contributed by atoms with E-state index >= 15 is 0 Å². The van der Waals surface area contributed by atoms with Gasteiger partial charge < -0.3 is 10.6 Å². The Balaban J connectivity index is 1.43. The average molecular weight is 488 g/mol. The van der Waals surface area contributed by atoms with Gasteiger partial charge in [-0.15, -0.1) is 11.3 Å². The van der Waals surface area contributed by atoms with Gasteiger partial charge in [0.15, 0.2) is 5.13 Å². The predicted octanol–water partition coefficient (Wildman–Crippen LogP) is 3.56. The van der Waals surface area contributed by atoms with Crippen LogP contribution in [0, 0.1) is 11.7 Å². The van der Waals surface area contributed by atoms with Crippen LogP contribution in [0.1, 0.15) is 39.3 Å². The molecule has 178 valence electrons. The summed E-state index contributed by atoms with van der Waals surface area (Å²) in [5.41, 5.74) is 5.04. The quantitative estimate of drug-likeness (QED) is 0.645. The molecule has 4 rings (SSSR count). The Morgan fingerprint density at radius 1 is 1.27 bits per heavy atom. The maximum atomic E-state index is 13.5. The van der Waals surface area contributed by atoms with Crippen molar-refractivity contribution in [2.24, 2.45) is 11.7 Å². The van der Waals surface area contributed by atoms with Gasteiger partial charge in [-0.3, -0.25) is 14.9 Å². The van der Waals surface area contributed by atoms with Gasteiger partial charge in [0.2, 0.25) is 5.91 Å². The maximum Gasteiger partial charge on any atom is 0.419 e. The van der Waals surface area contributed by atoms with Crippen molar-refractivity contribution >= 4 is 28.3 Å². The molecule has 0 spiro atoms.